The van der Waals surface area contributed by atoms with Gasteiger partial charge in [0.05, 0.1) is 10.8 Å². The fourth-order valence-corrected chi connectivity index (χ4v) is 3.71. The summed E-state index contributed by atoms with van der Waals surface area (Å²) in [6, 6.07) is 12.5. The number of nitrogens with one attached hydrogen (secondary N) is 1. The fourth-order valence-electron chi connectivity index (χ4n) is 3.53. The van der Waals surface area contributed by atoms with Crippen molar-refractivity contribution in [3.63, 3.8) is 0 Å². The van der Waals surface area contributed by atoms with Crippen LogP contribution < -0.4 is 11.1 Å². The Labute approximate surface area is 168 Å². The van der Waals surface area contributed by atoms with Gasteiger partial charge >= 0.3 is 0 Å². The van der Waals surface area contributed by atoms with E-state index in [1.54, 1.807) is 6.07 Å². The molecule has 0 aliphatic carbocycles. The van der Waals surface area contributed by atoms with Crippen LogP contribution in [-0.4, -0.2) is 28.8 Å². The van der Waals surface area contributed by atoms with E-state index in [1.807, 2.05) is 18.2 Å². The molecule has 1 amide bonds. The minimum atomic E-state index is -0.430. The Bertz CT molecular complexity index is 874. The molecule has 0 radical (unpaired) electrons. The molecule has 1 fully saturated rings. The van der Waals surface area contributed by atoms with Crippen molar-refractivity contribution in [3.05, 3.63) is 68.7 Å². The predicted octanol–water partition coefficient (Wildman–Crippen LogP) is 3.56. The van der Waals surface area contributed by atoms with Gasteiger partial charge in [-0.2, -0.15) is 0 Å². The van der Waals surface area contributed by atoms with E-state index in [1.165, 1.54) is 12.1 Å². The predicted molar refractivity (Wildman–Crippen MR) is 109 cm³/mol. The summed E-state index contributed by atoms with van der Waals surface area (Å²) in [6.45, 7) is 2.82. The average Bonchev–Trinajstić information content (AvgIpc) is 2.66. The maximum absolute atomic E-state index is 11.5. The summed E-state index contributed by atoms with van der Waals surface area (Å²) >= 11 is 5.97. The first kappa shape index (κ1) is 20.1. The van der Waals surface area contributed by atoms with Crippen LogP contribution in [-0.2, 0) is 17.9 Å². The van der Waals surface area contributed by atoms with Crippen molar-refractivity contribution in [2.75, 3.05) is 18.4 Å². The molecule has 3 rings (SSSR count). The molecule has 0 aromatic heterocycles. The highest BCUT2D eigenvalue weighted by atomic mass is 35.5. The van der Waals surface area contributed by atoms with Crippen molar-refractivity contribution < 1.29 is 9.72 Å². The van der Waals surface area contributed by atoms with Gasteiger partial charge < -0.3 is 11.1 Å². The first-order valence-electron chi connectivity index (χ1n) is 9.19. The number of nitro benzene ring substituents is 1. The number of carbonyl (C=O) groups excluding carboxylic acids is 1. The van der Waals surface area contributed by atoms with E-state index < -0.39 is 4.92 Å². The number of carbonyl (C=O) groups is 1. The summed E-state index contributed by atoms with van der Waals surface area (Å²) in [4.78, 5) is 24.4. The summed E-state index contributed by atoms with van der Waals surface area (Å²) in [5, 5.41) is 14.7. The van der Waals surface area contributed by atoms with E-state index in [0.29, 0.717) is 23.8 Å². The highest BCUT2D eigenvalue weighted by molar-refractivity contribution is 6.31. The van der Waals surface area contributed by atoms with E-state index in [0.717, 1.165) is 37.1 Å². The molecular formula is C20H23ClN4O3. The molecule has 0 unspecified atom stereocenters. The summed E-state index contributed by atoms with van der Waals surface area (Å²) < 4.78 is 0. The van der Waals surface area contributed by atoms with Gasteiger partial charge in [-0.25, -0.2) is 0 Å². The molecule has 0 spiro atoms. The first-order chi connectivity index (χ1) is 13.4. The van der Waals surface area contributed by atoms with Crippen LogP contribution in [0.2, 0.25) is 5.02 Å². The number of hydrogen-bond acceptors (Lipinski definition) is 5. The summed E-state index contributed by atoms with van der Waals surface area (Å²) in [5.74, 6) is -0.312. The molecule has 7 nitrogen and oxygen atoms in total. The van der Waals surface area contributed by atoms with E-state index in [-0.39, 0.29) is 17.5 Å². The normalized spacial score (nSPS) is 17.2. The second-order valence-corrected chi connectivity index (χ2v) is 7.51. The summed E-state index contributed by atoms with van der Waals surface area (Å²) in [7, 11) is 0. The molecule has 2 aromatic carbocycles. The molecule has 0 saturated carbocycles. The van der Waals surface area contributed by atoms with Gasteiger partial charge in [-0.15, -0.1) is 0 Å². The van der Waals surface area contributed by atoms with Gasteiger partial charge in [0.1, 0.15) is 5.69 Å². The van der Waals surface area contributed by atoms with Crippen molar-refractivity contribution >= 4 is 28.9 Å². The van der Waals surface area contributed by atoms with Crippen LogP contribution in [0.1, 0.15) is 24.0 Å². The third-order valence-corrected chi connectivity index (χ3v) is 5.18. The second-order valence-electron chi connectivity index (χ2n) is 7.07. The van der Waals surface area contributed by atoms with Crippen molar-refractivity contribution in [1.29, 1.82) is 0 Å². The molecule has 0 bridgehead atoms. The number of nitrogens with zero attached hydrogens (tertiary/aromatic N) is 2. The number of benzene rings is 2. The number of likely N-dealkylation sites (tertiary alicyclic amines) is 1. The van der Waals surface area contributed by atoms with Crippen molar-refractivity contribution in [2.24, 2.45) is 11.7 Å². The van der Waals surface area contributed by atoms with E-state index >= 15 is 0 Å². The van der Waals surface area contributed by atoms with Gasteiger partial charge in [-0.3, -0.25) is 19.8 Å². The van der Waals surface area contributed by atoms with Crippen molar-refractivity contribution in [2.45, 2.75) is 25.9 Å². The van der Waals surface area contributed by atoms with Gasteiger partial charge in [-0.05, 0) is 42.6 Å². The van der Waals surface area contributed by atoms with Gasteiger partial charge in [0.2, 0.25) is 5.91 Å². The third kappa shape index (κ3) is 5.21. The number of halogens is 1. The Morgan fingerprint density at radius 1 is 1.29 bits per heavy atom. The van der Waals surface area contributed by atoms with Crippen LogP contribution in [0.25, 0.3) is 0 Å². The molecule has 1 aliphatic rings. The molecule has 1 saturated heterocycles. The minimum Gasteiger partial charge on any atom is -0.375 e. The fraction of sp³-hybridized carbons (Fsp3) is 0.350. The van der Waals surface area contributed by atoms with Crippen LogP contribution in [0.3, 0.4) is 0 Å². The van der Waals surface area contributed by atoms with Crippen LogP contribution in [0.15, 0.2) is 42.5 Å². The number of amides is 1. The van der Waals surface area contributed by atoms with Crippen LogP contribution in [0, 0.1) is 16.0 Å². The van der Waals surface area contributed by atoms with Crippen molar-refractivity contribution in [3.8, 4) is 0 Å². The zero-order valence-corrected chi connectivity index (χ0v) is 16.2. The average molecular weight is 403 g/mol. The van der Waals surface area contributed by atoms with Gasteiger partial charge in [0.25, 0.3) is 5.69 Å². The van der Waals surface area contributed by atoms with E-state index in [2.05, 4.69) is 16.3 Å². The molecule has 2 aromatic rings. The van der Waals surface area contributed by atoms with E-state index in [9.17, 15) is 14.9 Å². The zero-order valence-electron chi connectivity index (χ0n) is 15.4. The summed E-state index contributed by atoms with van der Waals surface area (Å²) in [5.41, 5.74) is 7.98. The Kier molecular flexibility index (Phi) is 6.49. The topological polar surface area (TPSA) is 102 Å². The Balaban J connectivity index is 1.65. The quantitative estimate of drug-likeness (QED) is 0.544. The number of rotatable bonds is 7. The van der Waals surface area contributed by atoms with Crippen LogP contribution >= 0.6 is 11.6 Å². The molecule has 1 atom stereocenters. The lowest BCUT2D eigenvalue weighted by Gasteiger charge is -2.31. The highest BCUT2D eigenvalue weighted by Crippen LogP contribution is 2.28. The lowest BCUT2D eigenvalue weighted by atomic mass is 9.97. The molecule has 148 valence electrons. The third-order valence-electron chi connectivity index (χ3n) is 4.94. The number of nitro groups is 1. The lowest BCUT2D eigenvalue weighted by Crippen LogP contribution is -2.40. The largest absolute Gasteiger partial charge is 0.375 e. The Morgan fingerprint density at radius 2 is 2.07 bits per heavy atom. The monoisotopic (exact) mass is 402 g/mol. The van der Waals surface area contributed by atoms with Gasteiger partial charge in [0, 0.05) is 30.7 Å². The number of nitrogens with two attached hydrogens (primary N) is 1. The lowest BCUT2D eigenvalue weighted by molar-refractivity contribution is -0.384. The zero-order chi connectivity index (χ0) is 20.1. The van der Waals surface area contributed by atoms with Crippen LogP contribution in [0.4, 0.5) is 11.4 Å². The maximum atomic E-state index is 11.5. The maximum Gasteiger partial charge on any atom is 0.292 e. The Morgan fingerprint density at radius 3 is 2.82 bits per heavy atom. The number of hydrogen-bond donors (Lipinski definition) is 2. The number of piperidine rings is 1. The van der Waals surface area contributed by atoms with Gasteiger partial charge in [-0.1, -0.05) is 35.9 Å². The number of anilines is 1. The summed E-state index contributed by atoms with van der Waals surface area (Å²) in [6.07, 6.45) is 1.82. The number of primary amides is 1. The molecule has 8 heteroatoms. The van der Waals surface area contributed by atoms with E-state index in [4.69, 9.17) is 17.3 Å². The standard InChI is InChI=1S/C20H23ClN4O3/c21-17-6-7-19(25(27)28)18(10-17)23-11-14-3-1-4-15(9-14)12-24-8-2-5-16(13-24)20(22)26/h1,3-4,6-7,9-10,16,23H,2,5,8,11-13H2,(H2,22,26)/t16-/m1/s1. The van der Waals surface area contributed by atoms with Crippen molar-refractivity contribution in [1.82, 2.24) is 4.90 Å². The molecule has 1 heterocycles. The van der Waals surface area contributed by atoms with Gasteiger partial charge in [0.15, 0.2) is 0 Å². The molecule has 3 N–H and O–H groups in total. The highest BCUT2D eigenvalue weighted by Gasteiger charge is 2.23. The smallest absolute Gasteiger partial charge is 0.292 e. The van der Waals surface area contributed by atoms with Crippen LogP contribution in [0.5, 0.6) is 0 Å². The molecular weight excluding hydrogens is 380 g/mol. The first-order valence-corrected chi connectivity index (χ1v) is 9.57. The SMILES string of the molecule is NC(=O)[C@@H]1CCCN(Cc2cccc(CNc3cc(Cl)ccc3[N+](=O)[O-])c2)C1. The minimum absolute atomic E-state index is 0.00800. The Hall–Kier alpha value is -2.64. The molecule has 1 aliphatic heterocycles. The molecule has 28 heavy (non-hydrogen) atoms. The second kappa shape index (κ2) is 9.03.